The highest BCUT2D eigenvalue weighted by atomic mass is 35.5. The Morgan fingerprint density at radius 3 is 2.74 bits per heavy atom. The van der Waals surface area contributed by atoms with Gasteiger partial charge in [0, 0.05) is 23.2 Å². The van der Waals surface area contributed by atoms with Crippen molar-refractivity contribution in [1.29, 1.82) is 0 Å². The molecule has 23 heavy (non-hydrogen) atoms. The van der Waals surface area contributed by atoms with Crippen LogP contribution in [0.2, 0.25) is 5.02 Å². The lowest BCUT2D eigenvalue weighted by molar-refractivity contribution is 0.784. The number of hydrogen-bond donors (Lipinski definition) is 1. The molecular weight excluding hydrogens is 312 g/mol. The van der Waals surface area contributed by atoms with E-state index >= 15 is 0 Å². The van der Waals surface area contributed by atoms with Crippen molar-refractivity contribution in [2.75, 3.05) is 0 Å². The second kappa shape index (κ2) is 6.54. The number of benzene rings is 1. The molecule has 3 aromatic rings. The van der Waals surface area contributed by atoms with Crippen LogP contribution in [-0.4, -0.2) is 19.6 Å². The van der Waals surface area contributed by atoms with Crippen LogP contribution in [0.25, 0.3) is 5.78 Å². The van der Waals surface area contributed by atoms with Gasteiger partial charge < -0.3 is 0 Å². The van der Waals surface area contributed by atoms with Crippen LogP contribution in [0.4, 0.5) is 0 Å². The molecule has 2 heterocycles. The molecule has 6 heteroatoms. The van der Waals surface area contributed by atoms with Crippen LogP contribution in [-0.2, 0) is 19.3 Å². The van der Waals surface area contributed by atoms with Crippen LogP contribution in [0, 0.1) is 6.92 Å². The predicted octanol–water partition coefficient (Wildman–Crippen LogP) is 3.12. The lowest BCUT2D eigenvalue weighted by Crippen LogP contribution is -2.13. The molecule has 0 saturated carbocycles. The van der Waals surface area contributed by atoms with Gasteiger partial charge in [0.1, 0.15) is 5.82 Å². The lowest BCUT2D eigenvalue weighted by atomic mass is 10.0. The molecule has 1 aromatic carbocycles. The first kappa shape index (κ1) is 15.7. The van der Waals surface area contributed by atoms with Crippen molar-refractivity contribution in [3.8, 4) is 0 Å². The molecule has 3 rings (SSSR count). The molecule has 2 aromatic heterocycles. The zero-order valence-corrected chi connectivity index (χ0v) is 14.0. The third kappa shape index (κ3) is 3.29. The Hall–Kier alpha value is -2.14. The third-order valence-corrected chi connectivity index (χ3v) is 4.21. The molecule has 0 amide bonds. The summed E-state index contributed by atoms with van der Waals surface area (Å²) in [5.41, 5.74) is 3.24. The number of hydrogen-bond acceptors (Lipinski definition) is 3. The second-order valence-corrected chi connectivity index (χ2v) is 6.16. The third-order valence-electron chi connectivity index (χ3n) is 3.98. The molecule has 0 bridgehead atoms. The SMILES string of the molecule is CCCc1cc(=O)[nH]c2nnc(CCc3ccc(Cl)cc3C)n12. The molecule has 0 aliphatic heterocycles. The fourth-order valence-electron chi connectivity index (χ4n) is 2.85. The van der Waals surface area contributed by atoms with Crippen molar-refractivity contribution >= 4 is 17.4 Å². The van der Waals surface area contributed by atoms with Gasteiger partial charge in [-0.15, -0.1) is 10.2 Å². The highest BCUT2D eigenvalue weighted by molar-refractivity contribution is 6.30. The summed E-state index contributed by atoms with van der Waals surface area (Å²) >= 11 is 6.00. The van der Waals surface area contributed by atoms with Crippen molar-refractivity contribution in [1.82, 2.24) is 19.6 Å². The van der Waals surface area contributed by atoms with Gasteiger partial charge >= 0.3 is 0 Å². The monoisotopic (exact) mass is 330 g/mol. The van der Waals surface area contributed by atoms with E-state index in [1.807, 2.05) is 16.5 Å². The number of aryl methyl sites for hydroxylation is 4. The van der Waals surface area contributed by atoms with Crippen molar-refractivity contribution < 1.29 is 0 Å². The fourth-order valence-corrected chi connectivity index (χ4v) is 3.08. The summed E-state index contributed by atoms with van der Waals surface area (Å²) in [6.07, 6.45) is 3.40. The fraction of sp³-hybridized carbons (Fsp3) is 0.353. The van der Waals surface area contributed by atoms with Crippen LogP contribution in [0.15, 0.2) is 29.1 Å². The first-order valence-corrected chi connectivity index (χ1v) is 8.17. The molecule has 0 aliphatic carbocycles. The van der Waals surface area contributed by atoms with Crippen molar-refractivity contribution in [3.63, 3.8) is 0 Å². The molecule has 0 atom stereocenters. The molecule has 0 saturated heterocycles. The van der Waals surface area contributed by atoms with Gasteiger partial charge in [-0.05, 0) is 43.0 Å². The normalized spacial score (nSPS) is 11.3. The van der Waals surface area contributed by atoms with E-state index in [1.54, 1.807) is 6.07 Å². The Bertz CT molecular complexity index is 897. The van der Waals surface area contributed by atoms with Gasteiger partial charge in [0.15, 0.2) is 0 Å². The van der Waals surface area contributed by atoms with Gasteiger partial charge in [-0.2, -0.15) is 0 Å². The van der Waals surface area contributed by atoms with E-state index in [-0.39, 0.29) is 5.56 Å². The summed E-state index contributed by atoms with van der Waals surface area (Å²) in [5, 5.41) is 9.12. The zero-order valence-electron chi connectivity index (χ0n) is 13.3. The molecule has 5 nitrogen and oxygen atoms in total. The van der Waals surface area contributed by atoms with Gasteiger partial charge in [-0.1, -0.05) is 31.0 Å². The summed E-state index contributed by atoms with van der Waals surface area (Å²) in [6, 6.07) is 7.57. The van der Waals surface area contributed by atoms with Gasteiger partial charge in [0.2, 0.25) is 5.78 Å². The predicted molar refractivity (Wildman–Crippen MR) is 91.2 cm³/mol. The maximum absolute atomic E-state index is 11.7. The van der Waals surface area contributed by atoms with Crippen molar-refractivity contribution in [2.24, 2.45) is 0 Å². The van der Waals surface area contributed by atoms with E-state index in [9.17, 15) is 4.79 Å². The topological polar surface area (TPSA) is 63.0 Å². The molecule has 1 N–H and O–H groups in total. The number of aromatic amines is 1. The van der Waals surface area contributed by atoms with Crippen LogP contribution in [0.1, 0.15) is 36.0 Å². The van der Waals surface area contributed by atoms with E-state index < -0.39 is 0 Å². The summed E-state index contributed by atoms with van der Waals surface area (Å²) in [5.74, 6) is 1.39. The number of nitrogens with zero attached hydrogens (tertiary/aromatic N) is 3. The molecule has 120 valence electrons. The Morgan fingerprint density at radius 2 is 2.00 bits per heavy atom. The summed E-state index contributed by atoms with van der Waals surface area (Å²) in [7, 11) is 0. The molecule has 0 unspecified atom stereocenters. The molecule has 0 aliphatic rings. The number of halogens is 1. The van der Waals surface area contributed by atoms with Crippen LogP contribution in [0.5, 0.6) is 0 Å². The number of aromatic nitrogens is 4. The van der Waals surface area contributed by atoms with E-state index in [4.69, 9.17) is 11.6 Å². The summed E-state index contributed by atoms with van der Waals surface area (Å²) < 4.78 is 1.97. The van der Waals surface area contributed by atoms with E-state index in [1.165, 1.54) is 11.1 Å². The van der Waals surface area contributed by atoms with Gasteiger partial charge in [0.25, 0.3) is 5.56 Å². The van der Waals surface area contributed by atoms with E-state index in [2.05, 4.69) is 35.1 Å². The minimum atomic E-state index is -0.131. The van der Waals surface area contributed by atoms with Crippen molar-refractivity contribution in [2.45, 2.75) is 39.5 Å². The van der Waals surface area contributed by atoms with E-state index in [0.29, 0.717) is 5.78 Å². The van der Waals surface area contributed by atoms with Gasteiger partial charge in [-0.25, -0.2) is 0 Å². The smallest absolute Gasteiger partial charge is 0.252 e. The Balaban J connectivity index is 1.92. The number of rotatable bonds is 5. The first-order chi connectivity index (χ1) is 11.1. The maximum Gasteiger partial charge on any atom is 0.252 e. The van der Waals surface area contributed by atoms with E-state index in [0.717, 1.165) is 42.2 Å². The zero-order chi connectivity index (χ0) is 16.4. The number of H-pyrrole nitrogens is 1. The minimum absolute atomic E-state index is 0.131. The summed E-state index contributed by atoms with van der Waals surface area (Å²) in [4.78, 5) is 14.4. The lowest BCUT2D eigenvalue weighted by Gasteiger charge is -2.08. The van der Waals surface area contributed by atoms with Crippen molar-refractivity contribution in [3.05, 3.63) is 62.3 Å². The number of fused-ring (bicyclic) bond motifs is 1. The molecule has 0 radical (unpaired) electrons. The maximum atomic E-state index is 11.7. The summed E-state index contributed by atoms with van der Waals surface area (Å²) in [6.45, 7) is 4.15. The standard InChI is InChI=1S/C17H19ClN4O/c1-3-4-14-10-16(23)19-17-21-20-15(22(14)17)8-6-12-5-7-13(18)9-11(12)2/h5,7,9-10H,3-4,6,8H2,1-2H3,(H,19,21,23). The Labute approximate surface area is 139 Å². The quantitative estimate of drug-likeness (QED) is 0.781. The Kier molecular flexibility index (Phi) is 4.48. The van der Waals surface area contributed by atoms with Crippen LogP contribution < -0.4 is 5.56 Å². The Morgan fingerprint density at radius 1 is 1.17 bits per heavy atom. The largest absolute Gasteiger partial charge is 0.291 e. The van der Waals surface area contributed by atoms with Crippen LogP contribution >= 0.6 is 11.6 Å². The minimum Gasteiger partial charge on any atom is -0.291 e. The molecule has 0 fully saturated rings. The molecular formula is C17H19ClN4O. The molecule has 0 spiro atoms. The first-order valence-electron chi connectivity index (χ1n) is 7.79. The highest BCUT2D eigenvalue weighted by Gasteiger charge is 2.11. The van der Waals surface area contributed by atoms with Gasteiger partial charge in [-0.3, -0.25) is 14.2 Å². The van der Waals surface area contributed by atoms with Crippen LogP contribution in [0.3, 0.4) is 0 Å². The average molecular weight is 331 g/mol. The number of nitrogens with one attached hydrogen (secondary N) is 1. The highest BCUT2D eigenvalue weighted by Crippen LogP contribution is 2.17. The average Bonchev–Trinajstić information content (AvgIpc) is 2.89. The second-order valence-electron chi connectivity index (χ2n) is 5.72. The van der Waals surface area contributed by atoms with Gasteiger partial charge in [0.05, 0.1) is 0 Å².